The molecule has 6 nitrogen and oxygen atoms in total. The molecule has 0 bridgehead atoms. The minimum Gasteiger partial charge on any atom is -0.481 e. The lowest BCUT2D eigenvalue weighted by molar-refractivity contribution is -0.138. The highest BCUT2D eigenvalue weighted by atomic mass is 19.4. The molecule has 162 valence electrons. The summed E-state index contributed by atoms with van der Waals surface area (Å²) >= 11 is 0. The van der Waals surface area contributed by atoms with Crippen molar-refractivity contribution in [1.29, 1.82) is 0 Å². The third-order valence-electron chi connectivity index (χ3n) is 4.42. The molecule has 0 aliphatic rings. The smallest absolute Gasteiger partial charge is 0.416 e. The van der Waals surface area contributed by atoms with Gasteiger partial charge in [-0.1, -0.05) is 24.3 Å². The SMILES string of the molecule is Cc1oc(-c2ccccc2F)nc1C(=O)NC(CC(=O)O)c1cccc(C(F)(F)F)c1. The molecule has 3 rings (SSSR count). The Bertz CT molecular complexity index is 1120. The van der Waals surface area contributed by atoms with Crippen molar-refractivity contribution >= 4 is 11.9 Å². The Morgan fingerprint density at radius 2 is 1.87 bits per heavy atom. The molecule has 0 radical (unpaired) electrons. The van der Waals surface area contributed by atoms with E-state index in [9.17, 15) is 27.2 Å². The van der Waals surface area contributed by atoms with Crippen molar-refractivity contribution in [3.8, 4) is 11.5 Å². The highest BCUT2D eigenvalue weighted by Crippen LogP contribution is 2.31. The first-order valence-corrected chi connectivity index (χ1v) is 8.98. The molecule has 0 spiro atoms. The molecule has 1 amide bonds. The van der Waals surface area contributed by atoms with Crippen LogP contribution in [-0.2, 0) is 11.0 Å². The average molecular weight is 436 g/mol. The van der Waals surface area contributed by atoms with Gasteiger partial charge < -0.3 is 14.8 Å². The number of aliphatic carboxylic acids is 1. The van der Waals surface area contributed by atoms with Gasteiger partial charge in [-0.2, -0.15) is 13.2 Å². The molecule has 3 aromatic rings. The molecule has 0 saturated heterocycles. The van der Waals surface area contributed by atoms with Crippen LogP contribution in [0.5, 0.6) is 0 Å². The molecule has 1 atom stereocenters. The van der Waals surface area contributed by atoms with Gasteiger partial charge in [0.1, 0.15) is 11.6 Å². The third-order valence-corrected chi connectivity index (χ3v) is 4.42. The number of halogens is 4. The number of aryl methyl sites for hydroxylation is 1. The summed E-state index contributed by atoms with van der Waals surface area (Å²) < 4.78 is 58.4. The lowest BCUT2D eigenvalue weighted by Gasteiger charge is -2.18. The summed E-state index contributed by atoms with van der Waals surface area (Å²) in [5.74, 6) is -2.94. The Morgan fingerprint density at radius 3 is 2.52 bits per heavy atom. The van der Waals surface area contributed by atoms with Gasteiger partial charge in [0.05, 0.1) is 23.6 Å². The lowest BCUT2D eigenvalue weighted by Crippen LogP contribution is -2.31. The van der Waals surface area contributed by atoms with Gasteiger partial charge in [-0.05, 0) is 36.8 Å². The standard InChI is InChI=1S/C21H16F4N2O4/c1-11-18(27-20(31-11)14-7-2-3-8-15(14)22)19(30)26-16(10-17(28)29)12-5-4-6-13(9-12)21(23,24)25/h2-9,16H,10H2,1H3,(H,26,30)(H,28,29). The van der Waals surface area contributed by atoms with Gasteiger partial charge in [-0.25, -0.2) is 9.37 Å². The molecule has 0 saturated carbocycles. The van der Waals surface area contributed by atoms with Gasteiger partial charge >= 0.3 is 12.1 Å². The van der Waals surface area contributed by atoms with E-state index in [0.29, 0.717) is 0 Å². The fourth-order valence-corrected chi connectivity index (χ4v) is 2.94. The number of carboxylic acids is 1. The van der Waals surface area contributed by atoms with Crippen molar-refractivity contribution in [2.75, 3.05) is 0 Å². The number of alkyl halides is 3. The largest absolute Gasteiger partial charge is 0.481 e. The maximum absolute atomic E-state index is 14.0. The van der Waals surface area contributed by atoms with Crippen LogP contribution in [0.4, 0.5) is 17.6 Å². The zero-order chi connectivity index (χ0) is 22.8. The van der Waals surface area contributed by atoms with Gasteiger partial charge in [0.25, 0.3) is 5.91 Å². The number of benzene rings is 2. The van der Waals surface area contributed by atoms with Gasteiger partial charge in [-0.3, -0.25) is 9.59 Å². The fourth-order valence-electron chi connectivity index (χ4n) is 2.94. The van der Waals surface area contributed by atoms with E-state index in [1.54, 1.807) is 6.07 Å². The van der Waals surface area contributed by atoms with Gasteiger partial charge in [0.15, 0.2) is 5.69 Å². The van der Waals surface area contributed by atoms with Crippen LogP contribution in [0.3, 0.4) is 0 Å². The predicted octanol–water partition coefficient (Wildman–Crippen LogP) is 4.75. The average Bonchev–Trinajstić information content (AvgIpc) is 3.08. The number of carbonyl (C=O) groups is 2. The molecule has 1 unspecified atom stereocenters. The van der Waals surface area contributed by atoms with Crippen molar-refractivity contribution in [2.24, 2.45) is 0 Å². The molecule has 2 N–H and O–H groups in total. The topological polar surface area (TPSA) is 92.4 Å². The minimum absolute atomic E-state index is 0.0182. The number of carboxylic acid groups (broad SMARTS) is 1. The molecule has 0 fully saturated rings. The van der Waals surface area contributed by atoms with Crippen LogP contribution in [0.15, 0.2) is 52.9 Å². The summed E-state index contributed by atoms with van der Waals surface area (Å²) in [6.45, 7) is 1.41. The minimum atomic E-state index is -4.63. The fraction of sp³-hybridized carbons (Fsp3) is 0.190. The number of rotatable bonds is 6. The number of hydrogen-bond acceptors (Lipinski definition) is 4. The Kier molecular flexibility index (Phi) is 6.09. The zero-order valence-corrected chi connectivity index (χ0v) is 16.0. The highest BCUT2D eigenvalue weighted by Gasteiger charge is 2.32. The summed E-state index contributed by atoms with van der Waals surface area (Å²) in [7, 11) is 0. The molecule has 0 aliphatic carbocycles. The summed E-state index contributed by atoms with van der Waals surface area (Å²) in [6, 6.07) is 8.35. The molecule has 1 aromatic heterocycles. The monoisotopic (exact) mass is 436 g/mol. The molecule has 0 aliphatic heterocycles. The van der Waals surface area contributed by atoms with E-state index in [1.807, 2.05) is 0 Å². The summed E-state index contributed by atoms with van der Waals surface area (Å²) in [4.78, 5) is 27.9. The lowest BCUT2D eigenvalue weighted by atomic mass is 10.0. The van der Waals surface area contributed by atoms with E-state index in [2.05, 4.69) is 10.3 Å². The second-order valence-corrected chi connectivity index (χ2v) is 6.65. The molecule has 31 heavy (non-hydrogen) atoms. The van der Waals surface area contributed by atoms with E-state index in [1.165, 1.54) is 31.2 Å². The van der Waals surface area contributed by atoms with Crippen molar-refractivity contribution in [2.45, 2.75) is 25.6 Å². The van der Waals surface area contributed by atoms with Crippen LogP contribution in [-0.4, -0.2) is 22.0 Å². The normalized spacial score (nSPS) is 12.4. The van der Waals surface area contributed by atoms with Gasteiger partial charge in [-0.15, -0.1) is 0 Å². The van der Waals surface area contributed by atoms with E-state index in [4.69, 9.17) is 9.52 Å². The van der Waals surface area contributed by atoms with E-state index in [-0.39, 0.29) is 28.5 Å². The molecule has 1 heterocycles. The predicted molar refractivity (Wildman–Crippen MR) is 101 cm³/mol. The second-order valence-electron chi connectivity index (χ2n) is 6.65. The van der Waals surface area contributed by atoms with E-state index < -0.39 is 41.9 Å². The Labute approximate surface area is 173 Å². The molecular weight excluding hydrogens is 420 g/mol. The second kappa shape index (κ2) is 8.58. The van der Waals surface area contributed by atoms with Crippen molar-refractivity contribution in [3.63, 3.8) is 0 Å². The number of hydrogen-bond donors (Lipinski definition) is 2. The molecular formula is C21H16F4N2O4. The molecule has 2 aromatic carbocycles. The number of nitrogens with one attached hydrogen (secondary N) is 1. The Hall–Kier alpha value is -3.69. The quantitative estimate of drug-likeness (QED) is 0.544. The maximum Gasteiger partial charge on any atom is 0.416 e. The van der Waals surface area contributed by atoms with Crippen LogP contribution >= 0.6 is 0 Å². The number of nitrogens with zero attached hydrogens (tertiary/aromatic N) is 1. The number of oxazole rings is 1. The van der Waals surface area contributed by atoms with Gasteiger partial charge in [0, 0.05) is 0 Å². The first-order chi connectivity index (χ1) is 14.6. The number of aromatic nitrogens is 1. The highest BCUT2D eigenvalue weighted by molar-refractivity contribution is 5.94. The Morgan fingerprint density at radius 1 is 1.16 bits per heavy atom. The van der Waals surface area contributed by atoms with Crippen molar-refractivity contribution in [1.82, 2.24) is 10.3 Å². The van der Waals surface area contributed by atoms with Crippen LogP contribution in [0.2, 0.25) is 0 Å². The summed E-state index contributed by atoms with van der Waals surface area (Å²) in [5.41, 5.74) is -1.24. The first kappa shape index (κ1) is 22.0. The summed E-state index contributed by atoms with van der Waals surface area (Å²) in [5, 5.41) is 11.5. The van der Waals surface area contributed by atoms with Crippen LogP contribution in [0.25, 0.3) is 11.5 Å². The van der Waals surface area contributed by atoms with Crippen LogP contribution in [0.1, 0.15) is 39.8 Å². The maximum atomic E-state index is 14.0. The molecule has 10 heteroatoms. The van der Waals surface area contributed by atoms with Crippen molar-refractivity contribution in [3.05, 3.63) is 76.9 Å². The van der Waals surface area contributed by atoms with Crippen molar-refractivity contribution < 1.29 is 36.7 Å². The van der Waals surface area contributed by atoms with Crippen LogP contribution < -0.4 is 5.32 Å². The number of carbonyl (C=O) groups excluding carboxylic acids is 1. The number of amides is 1. The van der Waals surface area contributed by atoms with E-state index >= 15 is 0 Å². The zero-order valence-electron chi connectivity index (χ0n) is 16.0. The van der Waals surface area contributed by atoms with Crippen LogP contribution in [0, 0.1) is 12.7 Å². The Balaban J connectivity index is 1.90. The summed E-state index contributed by atoms with van der Waals surface area (Å²) in [6.07, 6.45) is -5.30. The first-order valence-electron chi connectivity index (χ1n) is 8.98. The van der Waals surface area contributed by atoms with Gasteiger partial charge in [0.2, 0.25) is 5.89 Å². The third kappa shape index (κ3) is 5.08. The van der Waals surface area contributed by atoms with E-state index in [0.717, 1.165) is 18.2 Å².